The molecule has 0 spiro atoms. The summed E-state index contributed by atoms with van der Waals surface area (Å²) in [6, 6.07) is 2.64. The van der Waals surface area contributed by atoms with Crippen molar-refractivity contribution in [2.45, 2.75) is 38.6 Å². The number of carbonyl (C=O) groups is 1. The van der Waals surface area contributed by atoms with Gasteiger partial charge in [0, 0.05) is 6.04 Å². The molecule has 1 aliphatic rings. The maximum atomic E-state index is 11.4. The van der Waals surface area contributed by atoms with Crippen LogP contribution in [0.1, 0.15) is 31.2 Å². The average Bonchev–Trinajstić information content (AvgIpc) is 2.75. The summed E-state index contributed by atoms with van der Waals surface area (Å²) >= 11 is 1.75. The third kappa shape index (κ3) is 3.00. The van der Waals surface area contributed by atoms with Crippen molar-refractivity contribution in [2.24, 2.45) is 5.92 Å². The van der Waals surface area contributed by atoms with Crippen molar-refractivity contribution < 1.29 is 9.53 Å². The number of nitrogens with one attached hydrogen (secondary N) is 1. The van der Waals surface area contributed by atoms with Crippen molar-refractivity contribution in [3.8, 4) is 0 Å². The van der Waals surface area contributed by atoms with E-state index in [1.54, 1.807) is 11.3 Å². The van der Waals surface area contributed by atoms with E-state index in [0.717, 1.165) is 25.7 Å². The summed E-state index contributed by atoms with van der Waals surface area (Å²) in [6.07, 6.45) is 3.98. The van der Waals surface area contributed by atoms with Gasteiger partial charge in [0.15, 0.2) is 0 Å². The lowest BCUT2D eigenvalue weighted by Crippen LogP contribution is -2.29. The van der Waals surface area contributed by atoms with Gasteiger partial charge in [0.1, 0.15) is 0 Å². The van der Waals surface area contributed by atoms with Gasteiger partial charge in [0.2, 0.25) is 0 Å². The molecule has 1 saturated carbocycles. The first-order chi connectivity index (χ1) is 8.20. The fourth-order valence-electron chi connectivity index (χ4n) is 2.35. The first-order valence-corrected chi connectivity index (χ1v) is 6.97. The second-order valence-electron chi connectivity index (χ2n) is 4.65. The summed E-state index contributed by atoms with van der Waals surface area (Å²) in [4.78, 5) is 11.4. The fourth-order valence-corrected chi connectivity index (χ4v) is 3.24. The van der Waals surface area contributed by atoms with Crippen LogP contribution in [-0.4, -0.2) is 19.1 Å². The lowest BCUT2D eigenvalue weighted by atomic mass is 9.86. The lowest BCUT2D eigenvalue weighted by molar-refractivity contribution is -0.146. The predicted octanol–water partition coefficient (Wildman–Crippen LogP) is 3.20. The highest BCUT2D eigenvalue weighted by atomic mass is 32.1. The summed E-state index contributed by atoms with van der Waals surface area (Å²) in [5.74, 6) is 0.0678. The van der Waals surface area contributed by atoms with E-state index in [4.69, 9.17) is 4.74 Å². The summed E-state index contributed by atoms with van der Waals surface area (Å²) in [6.45, 7) is 2.12. The van der Waals surface area contributed by atoms with E-state index >= 15 is 0 Å². The van der Waals surface area contributed by atoms with Crippen LogP contribution in [0.15, 0.2) is 11.4 Å². The van der Waals surface area contributed by atoms with Crippen molar-refractivity contribution in [2.75, 3.05) is 12.4 Å². The summed E-state index contributed by atoms with van der Waals surface area (Å²) < 4.78 is 4.79. The maximum absolute atomic E-state index is 11.4. The SMILES string of the molecule is COC(=O)C1CCC(Nc2sccc2C)CC1. The van der Waals surface area contributed by atoms with E-state index in [-0.39, 0.29) is 11.9 Å². The minimum Gasteiger partial charge on any atom is -0.469 e. The first kappa shape index (κ1) is 12.4. The van der Waals surface area contributed by atoms with Crippen LogP contribution in [0.4, 0.5) is 5.00 Å². The van der Waals surface area contributed by atoms with Gasteiger partial charge >= 0.3 is 5.97 Å². The quantitative estimate of drug-likeness (QED) is 0.841. The van der Waals surface area contributed by atoms with Crippen LogP contribution in [0.3, 0.4) is 0 Å². The standard InChI is InChI=1S/C13H19NO2S/c1-9-7-8-17-12(9)14-11-5-3-10(4-6-11)13(15)16-2/h7-8,10-11,14H,3-6H2,1-2H3. The molecular weight excluding hydrogens is 234 g/mol. The van der Waals surface area contributed by atoms with E-state index in [0.29, 0.717) is 6.04 Å². The van der Waals surface area contributed by atoms with Crippen molar-refractivity contribution >= 4 is 22.3 Å². The molecule has 17 heavy (non-hydrogen) atoms. The smallest absolute Gasteiger partial charge is 0.308 e. The number of ether oxygens (including phenoxy) is 1. The molecule has 1 N–H and O–H groups in total. The number of esters is 1. The maximum Gasteiger partial charge on any atom is 0.308 e. The van der Waals surface area contributed by atoms with Gasteiger partial charge in [0.05, 0.1) is 18.0 Å². The van der Waals surface area contributed by atoms with Crippen LogP contribution in [0, 0.1) is 12.8 Å². The van der Waals surface area contributed by atoms with Gasteiger partial charge in [-0.3, -0.25) is 4.79 Å². The minimum absolute atomic E-state index is 0.0456. The van der Waals surface area contributed by atoms with Crippen molar-refractivity contribution in [3.05, 3.63) is 17.0 Å². The molecule has 2 rings (SSSR count). The van der Waals surface area contributed by atoms with Crippen molar-refractivity contribution in [3.63, 3.8) is 0 Å². The molecule has 0 bridgehead atoms. The van der Waals surface area contributed by atoms with Gasteiger partial charge in [-0.1, -0.05) is 0 Å². The molecule has 1 heterocycles. The van der Waals surface area contributed by atoms with Gasteiger partial charge in [-0.05, 0) is 49.6 Å². The Bertz CT molecular complexity index is 381. The Labute approximate surface area is 106 Å². The second-order valence-corrected chi connectivity index (χ2v) is 5.56. The number of anilines is 1. The summed E-state index contributed by atoms with van der Waals surface area (Å²) in [5.41, 5.74) is 1.31. The predicted molar refractivity (Wildman–Crippen MR) is 70.4 cm³/mol. The van der Waals surface area contributed by atoms with E-state index in [9.17, 15) is 4.79 Å². The molecule has 0 radical (unpaired) electrons. The molecule has 1 aromatic rings. The van der Waals surface area contributed by atoms with Crippen LogP contribution in [0.5, 0.6) is 0 Å². The fraction of sp³-hybridized carbons (Fsp3) is 0.615. The van der Waals surface area contributed by atoms with Gasteiger partial charge < -0.3 is 10.1 Å². The van der Waals surface area contributed by atoms with E-state index in [2.05, 4.69) is 23.7 Å². The molecule has 0 aliphatic heterocycles. The molecule has 0 aromatic carbocycles. The molecule has 1 fully saturated rings. The van der Waals surface area contributed by atoms with E-state index in [1.807, 2.05) is 0 Å². The van der Waals surface area contributed by atoms with Crippen LogP contribution in [-0.2, 0) is 9.53 Å². The Balaban J connectivity index is 1.83. The Kier molecular flexibility index (Phi) is 4.05. The Morgan fingerprint density at radius 1 is 1.41 bits per heavy atom. The molecular formula is C13H19NO2S. The summed E-state index contributed by atoms with van der Waals surface area (Å²) in [5, 5.41) is 6.95. The molecule has 94 valence electrons. The van der Waals surface area contributed by atoms with Crippen LogP contribution in [0.25, 0.3) is 0 Å². The molecule has 0 amide bonds. The zero-order valence-corrected chi connectivity index (χ0v) is 11.2. The highest BCUT2D eigenvalue weighted by Gasteiger charge is 2.26. The Morgan fingerprint density at radius 3 is 2.65 bits per heavy atom. The highest BCUT2D eigenvalue weighted by Crippen LogP contribution is 2.30. The number of hydrogen-bond donors (Lipinski definition) is 1. The van der Waals surface area contributed by atoms with E-state index < -0.39 is 0 Å². The third-order valence-corrected chi connectivity index (χ3v) is 4.41. The van der Waals surface area contributed by atoms with Crippen molar-refractivity contribution in [1.29, 1.82) is 0 Å². The number of hydrogen-bond acceptors (Lipinski definition) is 4. The average molecular weight is 253 g/mol. The monoisotopic (exact) mass is 253 g/mol. The zero-order valence-electron chi connectivity index (χ0n) is 10.4. The normalized spacial score (nSPS) is 24.4. The van der Waals surface area contributed by atoms with Gasteiger partial charge in [-0.2, -0.15) is 0 Å². The Hall–Kier alpha value is -1.03. The lowest BCUT2D eigenvalue weighted by Gasteiger charge is -2.28. The third-order valence-electron chi connectivity index (χ3n) is 3.46. The van der Waals surface area contributed by atoms with Crippen molar-refractivity contribution in [1.82, 2.24) is 0 Å². The molecule has 4 heteroatoms. The van der Waals surface area contributed by atoms with Crippen LogP contribution >= 0.6 is 11.3 Å². The summed E-state index contributed by atoms with van der Waals surface area (Å²) in [7, 11) is 1.47. The number of thiophene rings is 1. The number of aryl methyl sites for hydroxylation is 1. The molecule has 0 atom stereocenters. The minimum atomic E-state index is -0.0456. The molecule has 0 unspecified atom stereocenters. The number of methoxy groups -OCH3 is 1. The van der Waals surface area contributed by atoms with Crippen LogP contribution < -0.4 is 5.32 Å². The molecule has 1 aromatic heterocycles. The molecule has 0 saturated heterocycles. The first-order valence-electron chi connectivity index (χ1n) is 6.09. The number of carbonyl (C=O) groups excluding carboxylic acids is 1. The van der Waals surface area contributed by atoms with Gasteiger partial charge in [-0.25, -0.2) is 0 Å². The Morgan fingerprint density at radius 2 is 2.12 bits per heavy atom. The second kappa shape index (κ2) is 5.54. The topological polar surface area (TPSA) is 38.3 Å². The molecule has 1 aliphatic carbocycles. The number of rotatable bonds is 3. The largest absolute Gasteiger partial charge is 0.469 e. The van der Waals surface area contributed by atoms with Gasteiger partial charge in [0.25, 0.3) is 0 Å². The molecule has 3 nitrogen and oxygen atoms in total. The van der Waals surface area contributed by atoms with Gasteiger partial charge in [-0.15, -0.1) is 11.3 Å². The highest BCUT2D eigenvalue weighted by molar-refractivity contribution is 7.14. The van der Waals surface area contributed by atoms with Crippen LogP contribution in [0.2, 0.25) is 0 Å². The van der Waals surface area contributed by atoms with E-state index in [1.165, 1.54) is 17.7 Å². The zero-order chi connectivity index (χ0) is 12.3.